The molecule has 0 saturated carbocycles. The maximum Gasteiger partial charge on any atom is 0.270 e. The number of aliphatic hydroxyl groups is 1. The Morgan fingerprint density at radius 1 is 1.77 bits per heavy atom. The zero-order valence-electron chi connectivity index (χ0n) is 7.20. The molecular weight excluding hydrogens is 190 g/mol. The summed E-state index contributed by atoms with van der Waals surface area (Å²) in [5.74, 6) is -0.258. The molecule has 72 valence electrons. The first kappa shape index (κ1) is 9.94. The molecule has 0 saturated heterocycles. The van der Waals surface area contributed by atoms with Gasteiger partial charge in [0.2, 0.25) is 0 Å². The van der Waals surface area contributed by atoms with Gasteiger partial charge in [-0.1, -0.05) is 0 Å². The van der Waals surface area contributed by atoms with Crippen molar-refractivity contribution in [2.24, 2.45) is 0 Å². The molecule has 0 aliphatic rings. The summed E-state index contributed by atoms with van der Waals surface area (Å²) in [6.07, 6.45) is 0. The largest absolute Gasteiger partial charge is 0.395 e. The minimum Gasteiger partial charge on any atom is -0.395 e. The zero-order chi connectivity index (χ0) is 9.68. The third-order valence-corrected chi connectivity index (χ3v) is 2.21. The Kier molecular flexibility index (Phi) is 3.66. The molecule has 0 atom stereocenters. The van der Waals surface area contributed by atoms with Gasteiger partial charge >= 0.3 is 0 Å². The Hall–Kier alpha value is -1.14. The maximum atomic E-state index is 11.2. The number of thiazole rings is 1. The number of nitrogens with one attached hydrogen (secondary N) is 2. The quantitative estimate of drug-likeness (QED) is 0.636. The van der Waals surface area contributed by atoms with E-state index in [4.69, 9.17) is 5.11 Å². The Balaban J connectivity index is 2.55. The lowest BCUT2D eigenvalue weighted by Gasteiger charge is -1.98. The first-order valence-corrected chi connectivity index (χ1v) is 4.68. The van der Waals surface area contributed by atoms with E-state index in [1.807, 2.05) is 0 Å². The first-order chi connectivity index (χ1) is 6.27. The molecule has 5 nitrogen and oxygen atoms in total. The zero-order valence-corrected chi connectivity index (χ0v) is 8.02. The number of aromatic nitrogens is 1. The highest BCUT2D eigenvalue weighted by atomic mass is 32.1. The summed E-state index contributed by atoms with van der Waals surface area (Å²) in [6.45, 7) is 0.194. The number of hydrogen-bond acceptors (Lipinski definition) is 5. The summed E-state index contributed by atoms with van der Waals surface area (Å²) in [5.41, 5.74) is 0.378. The molecule has 3 N–H and O–H groups in total. The van der Waals surface area contributed by atoms with Gasteiger partial charge in [0.25, 0.3) is 5.91 Å². The average Bonchev–Trinajstić information content (AvgIpc) is 2.62. The number of nitrogens with zero attached hydrogens (tertiary/aromatic N) is 1. The number of carbonyl (C=O) groups is 1. The lowest BCUT2D eigenvalue weighted by molar-refractivity contribution is 0.0940. The standard InChI is InChI=1S/C7H11N3O2S/c1-8-7-10-5(4-13-7)6(12)9-2-3-11/h4,11H,2-3H2,1H3,(H,8,10)(H,9,12). The number of amides is 1. The smallest absolute Gasteiger partial charge is 0.270 e. The predicted molar refractivity (Wildman–Crippen MR) is 51.1 cm³/mol. The topological polar surface area (TPSA) is 74.2 Å². The van der Waals surface area contributed by atoms with Crippen molar-refractivity contribution in [3.8, 4) is 0 Å². The molecule has 1 amide bonds. The summed E-state index contributed by atoms with van der Waals surface area (Å²) < 4.78 is 0. The fourth-order valence-electron chi connectivity index (χ4n) is 0.753. The molecule has 13 heavy (non-hydrogen) atoms. The number of aliphatic hydroxyl groups excluding tert-OH is 1. The predicted octanol–water partition coefficient (Wildman–Crippen LogP) is -0.0931. The molecule has 1 aromatic rings. The second-order valence-corrected chi connectivity index (χ2v) is 3.13. The highest BCUT2D eigenvalue weighted by molar-refractivity contribution is 7.13. The van der Waals surface area contributed by atoms with Gasteiger partial charge in [0.1, 0.15) is 5.69 Å². The maximum absolute atomic E-state index is 11.2. The van der Waals surface area contributed by atoms with Crippen molar-refractivity contribution in [3.05, 3.63) is 11.1 Å². The van der Waals surface area contributed by atoms with E-state index in [9.17, 15) is 4.79 Å². The molecule has 0 aliphatic heterocycles. The summed E-state index contributed by atoms with van der Waals surface area (Å²) in [4.78, 5) is 15.2. The van der Waals surface area contributed by atoms with E-state index < -0.39 is 0 Å². The van der Waals surface area contributed by atoms with Gasteiger partial charge in [0.05, 0.1) is 6.61 Å². The summed E-state index contributed by atoms with van der Waals surface area (Å²) in [6, 6.07) is 0. The molecule has 6 heteroatoms. The Morgan fingerprint density at radius 3 is 3.08 bits per heavy atom. The van der Waals surface area contributed by atoms with Crippen LogP contribution in [0.3, 0.4) is 0 Å². The van der Waals surface area contributed by atoms with Crippen LogP contribution < -0.4 is 10.6 Å². The minimum absolute atomic E-state index is 0.0608. The van der Waals surface area contributed by atoms with Crippen LogP contribution >= 0.6 is 11.3 Å². The van der Waals surface area contributed by atoms with Gasteiger partial charge in [-0.2, -0.15) is 0 Å². The lowest BCUT2D eigenvalue weighted by Crippen LogP contribution is -2.26. The van der Waals surface area contributed by atoms with Gasteiger partial charge < -0.3 is 15.7 Å². The van der Waals surface area contributed by atoms with E-state index >= 15 is 0 Å². The number of carbonyl (C=O) groups excluding carboxylic acids is 1. The average molecular weight is 201 g/mol. The molecule has 0 unspecified atom stereocenters. The Labute approximate surface area is 79.8 Å². The second-order valence-electron chi connectivity index (χ2n) is 2.27. The van der Waals surface area contributed by atoms with Crippen LogP contribution in [0, 0.1) is 0 Å². The van der Waals surface area contributed by atoms with E-state index in [-0.39, 0.29) is 19.1 Å². The number of rotatable bonds is 4. The Morgan fingerprint density at radius 2 is 2.54 bits per heavy atom. The molecule has 0 radical (unpaired) electrons. The molecule has 0 bridgehead atoms. The van der Waals surface area contributed by atoms with Crippen molar-refractivity contribution in [2.75, 3.05) is 25.5 Å². The third kappa shape index (κ3) is 2.67. The second kappa shape index (κ2) is 4.78. The van der Waals surface area contributed by atoms with Crippen molar-refractivity contribution < 1.29 is 9.90 Å². The van der Waals surface area contributed by atoms with E-state index in [0.717, 1.165) is 0 Å². The third-order valence-electron chi connectivity index (χ3n) is 1.35. The van der Waals surface area contributed by atoms with Gasteiger partial charge in [0, 0.05) is 19.0 Å². The van der Waals surface area contributed by atoms with E-state index in [1.54, 1.807) is 12.4 Å². The van der Waals surface area contributed by atoms with Gasteiger partial charge in [0.15, 0.2) is 5.13 Å². The highest BCUT2D eigenvalue weighted by Crippen LogP contribution is 2.13. The molecule has 0 aliphatic carbocycles. The molecule has 1 heterocycles. The normalized spacial score (nSPS) is 9.69. The summed E-state index contributed by atoms with van der Waals surface area (Å²) in [5, 5.41) is 16.2. The monoisotopic (exact) mass is 201 g/mol. The van der Waals surface area contributed by atoms with Crippen LogP contribution in [-0.2, 0) is 0 Å². The lowest BCUT2D eigenvalue weighted by atomic mass is 10.4. The van der Waals surface area contributed by atoms with Gasteiger partial charge in [-0.15, -0.1) is 11.3 Å². The number of hydrogen-bond donors (Lipinski definition) is 3. The van der Waals surface area contributed by atoms with Crippen LogP contribution in [0.15, 0.2) is 5.38 Å². The molecule has 0 fully saturated rings. The molecular formula is C7H11N3O2S. The van der Waals surface area contributed by atoms with Crippen molar-refractivity contribution in [2.45, 2.75) is 0 Å². The van der Waals surface area contributed by atoms with Gasteiger partial charge in [-0.3, -0.25) is 4.79 Å². The summed E-state index contributed by atoms with van der Waals surface area (Å²) >= 11 is 1.37. The summed E-state index contributed by atoms with van der Waals surface area (Å²) in [7, 11) is 1.74. The van der Waals surface area contributed by atoms with E-state index in [2.05, 4.69) is 15.6 Å². The van der Waals surface area contributed by atoms with Crippen LogP contribution in [0.1, 0.15) is 10.5 Å². The Bertz CT molecular complexity index is 287. The molecule has 0 spiro atoms. The molecule has 1 aromatic heterocycles. The van der Waals surface area contributed by atoms with Crippen LogP contribution in [0.5, 0.6) is 0 Å². The molecule has 1 rings (SSSR count). The first-order valence-electron chi connectivity index (χ1n) is 3.80. The van der Waals surface area contributed by atoms with Crippen LogP contribution in [0.2, 0.25) is 0 Å². The van der Waals surface area contributed by atoms with Crippen molar-refractivity contribution in [1.82, 2.24) is 10.3 Å². The SMILES string of the molecule is CNc1nc(C(=O)NCCO)cs1. The van der Waals surface area contributed by atoms with E-state index in [1.165, 1.54) is 11.3 Å². The minimum atomic E-state index is -0.258. The van der Waals surface area contributed by atoms with Crippen molar-refractivity contribution in [1.29, 1.82) is 0 Å². The fourth-order valence-corrected chi connectivity index (χ4v) is 1.40. The van der Waals surface area contributed by atoms with E-state index in [0.29, 0.717) is 10.8 Å². The number of anilines is 1. The van der Waals surface area contributed by atoms with Crippen LogP contribution in [-0.4, -0.2) is 36.2 Å². The van der Waals surface area contributed by atoms with Crippen LogP contribution in [0.4, 0.5) is 5.13 Å². The van der Waals surface area contributed by atoms with Crippen molar-refractivity contribution in [3.63, 3.8) is 0 Å². The van der Waals surface area contributed by atoms with Crippen LogP contribution in [0.25, 0.3) is 0 Å². The van der Waals surface area contributed by atoms with Gasteiger partial charge in [-0.05, 0) is 0 Å². The van der Waals surface area contributed by atoms with Crippen molar-refractivity contribution >= 4 is 22.4 Å². The fraction of sp³-hybridized carbons (Fsp3) is 0.429. The van der Waals surface area contributed by atoms with Gasteiger partial charge in [-0.25, -0.2) is 4.98 Å². The molecule has 0 aromatic carbocycles. The highest BCUT2D eigenvalue weighted by Gasteiger charge is 2.08.